The van der Waals surface area contributed by atoms with E-state index in [1.54, 1.807) is 42.1 Å². The van der Waals surface area contributed by atoms with Gasteiger partial charge in [-0.15, -0.1) is 5.10 Å². The van der Waals surface area contributed by atoms with E-state index in [1.165, 1.54) is 12.1 Å². The Balaban J connectivity index is 1.32. The van der Waals surface area contributed by atoms with E-state index in [-0.39, 0.29) is 11.8 Å². The highest BCUT2D eigenvalue weighted by Gasteiger charge is 2.09. The Morgan fingerprint density at radius 1 is 1.19 bits per heavy atom. The van der Waals surface area contributed by atoms with Gasteiger partial charge in [0.2, 0.25) is 0 Å². The van der Waals surface area contributed by atoms with Crippen LogP contribution in [-0.4, -0.2) is 57.1 Å². The zero-order valence-corrected chi connectivity index (χ0v) is 17.3. The van der Waals surface area contributed by atoms with E-state index in [4.69, 9.17) is 0 Å². The summed E-state index contributed by atoms with van der Waals surface area (Å²) in [5.41, 5.74) is 2.43. The van der Waals surface area contributed by atoms with Crippen LogP contribution in [0.25, 0.3) is 11.4 Å². The number of aryl methyl sites for hydroxylation is 1. The van der Waals surface area contributed by atoms with Crippen molar-refractivity contribution in [1.29, 1.82) is 0 Å². The summed E-state index contributed by atoms with van der Waals surface area (Å²) in [5.74, 6) is 0.346. The topological polar surface area (TPSA) is 117 Å². The van der Waals surface area contributed by atoms with Gasteiger partial charge in [0.1, 0.15) is 5.82 Å². The molecule has 3 aromatic rings. The van der Waals surface area contributed by atoms with Crippen LogP contribution in [0.2, 0.25) is 0 Å². The van der Waals surface area contributed by atoms with Crippen LogP contribution in [0.5, 0.6) is 0 Å². The number of hydrogen-bond acceptors (Lipinski definition) is 6. The summed E-state index contributed by atoms with van der Waals surface area (Å²) in [6.45, 7) is 1.42. The summed E-state index contributed by atoms with van der Waals surface area (Å²) < 4.78 is 14.4. The van der Waals surface area contributed by atoms with E-state index in [0.29, 0.717) is 37.6 Å². The van der Waals surface area contributed by atoms with E-state index in [2.05, 4.69) is 31.5 Å². The first-order valence-electron chi connectivity index (χ1n) is 10.0. The van der Waals surface area contributed by atoms with Gasteiger partial charge in [0.25, 0.3) is 0 Å². The average Bonchev–Trinajstić information content (AvgIpc) is 3.18. The first kappa shape index (κ1) is 22.3. The van der Waals surface area contributed by atoms with Crippen molar-refractivity contribution >= 4 is 11.7 Å². The Kier molecular flexibility index (Phi) is 8.02. The number of anilines is 1. The van der Waals surface area contributed by atoms with Gasteiger partial charge in [0.05, 0.1) is 6.10 Å². The summed E-state index contributed by atoms with van der Waals surface area (Å²) in [4.78, 5) is 12.1. The molecule has 0 saturated heterocycles. The van der Waals surface area contributed by atoms with Gasteiger partial charge in [-0.05, 0) is 59.6 Å². The summed E-state index contributed by atoms with van der Waals surface area (Å²) in [5, 5.41) is 30.1. The number of nitrogens with zero attached hydrogens (tertiary/aromatic N) is 4. The van der Waals surface area contributed by atoms with E-state index in [0.717, 1.165) is 17.5 Å². The summed E-state index contributed by atoms with van der Waals surface area (Å²) in [6.07, 6.45) is 0.582. The molecular weight excluding hydrogens is 401 g/mol. The number of aliphatic hydroxyl groups is 1. The molecule has 9 nitrogen and oxygen atoms in total. The average molecular weight is 427 g/mol. The fourth-order valence-corrected chi connectivity index (χ4v) is 2.99. The number of nitrogens with one attached hydrogen (secondary N) is 3. The maximum atomic E-state index is 12.9. The minimum atomic E-state index is -0.583. The zero-order chi connectivity index (χ0) is 22.1. The Morgan fingerprint density at radius 2 is 2.00 bits per heavy atom. The maximum absolute atomic E-state index is 12.9. The van der Waals surface area contributed by atoms with Gasteiger partial charge in [-0.2, -0.15) is 0 Å². The van der Waals surface area contributed by atoms with E-state index < -0.39 is 6.10 Å². The van der Waals surface area contributed by atoms with Crippen molar-refractivity contribution in [3.8, 4) is 11.4 Å². The van der Waals surface area contributed by atoms with Crippen molar-refractivity contribution in [3.05, 3.63) is 59.9 Å². The lowest BCUT2D eigenvalue weighted by molar-refractivity contribution is 0.162. The molecule has 0 aliphatic heterocycles. The lowest BCUT2D eigenvalue weighted by Crippen LogP contribution is -2.34. The number of halogens is 1. The van der Waals surface area contributed by atoms with Crippen LogP contribution in [0.4, 0.5) is 14.9 Å². The molecular formula is C21H26FN7O2. The van der Waals surface area contributed by atoms with Gasteiger partial charge >= 0.3 is 6.03 Å². The van der Waals surface area contributed by atoms with Crippen LogP contribution in [0, 0.1) is 5.82 Å². The molecule has 1 unspecified atom stereocenters. The highest BCUT2D eigenvalue weighted by molar-refractivity contribution is 5.89. The molecule has 0 spiro atoms. The molecule has 0 bridgehead atoms. The normalized spacial score (nSPS) is 11.8. The molecule has 4 N–H and O–H groups in total. The van der Waals surface area contributed by atoms with Crippen molar-refractivity contribution in [2.24, 2.45) is 7.05 Å². The molecule has 0 aliphatic rings. The number of aliphatic hydroxyl groups excluding tert-OH is 1. The van der Waals surface area contributed by atoms with Crippen molar-refractivity contribution < 1.29 is 14.3 Å². The minimum Gasteiger partial charge on any atom is -0.392 e. The Bertz CT molecular complexity index is 978. The number of tetrazole rings is 1. The summed E-state index contributed by atoms with van der Waals surface area (Å²) in [7, 11) is 1.74. The number of hydrogen-bond donors (Lipinski definition) is 4. The predicted octanol–water partition coefficient (Wildman–Crippen LogP) is 1.72. The van der Waals surface area contributed by atoms with Gasteiger partial charge in [-0.25, -0.2) is 13.9 Å². The molecule has 1 aromatic heterocycles. The molecule has 2 aromatic carbocycles. The van der Waals surface area contributed by atoms with Crippen molar-refractivity contribution in [2.45, 2.75) is 18.9 Å². The third-order valence-corrected chi connectivity index (χ3v) is 4.65. The maximum Gasteiger partial charge on any atom is 0.319 e. The lowest BCUT2D eigenvalue weighted by Gasteiger charge is -2.13. The van der Waals surface area contributed by atoms with Gasteiger partial charge < -0.3 is 21.1 Å². The molecule has 1 heterocycles. The standard InChI is InChI=1S/C21H26FN7O2/c1-29-20(26-27-28-29)16-3-2-4-18(13-16)25-21(31)24-12-10-19(30)14-23-11-9-15-5-7-17(22)8-6-15/h2-8,13,19,23,30H,9-12,14H2,1H3,(H2,24,25,31). The van der Waals surface area contributed by atoms with Crippen molar-refractivity contribution in [1.82, 2.24) is 30.8 Å². The molecule has 164 valence electrons. The molecule has 3 rings (SSSR count). The van der Waals surface area contributed by atoms with Crippen LogP contribution in [-0.2, 0) is 13.5 Å². The van der Waals surface area contributed by atoms with E-state index >= 15 is 0 Å². The molecule has 0 fully saturated rings. The highest BCUT2D eigenvalue weighted by atomic mass is 19.1. The zero-order valence-electron chi connectivity index (χ0n) is 17.3. The molecule has 31 heavy (non-hydrogen) atoms. The molecule has 1 atom stereocenters. The first-order valence-corrected chi connectivity index (χ1v) is 10.0. The van der Waals surface area contributed by atoms with Crippen LogP contribution in [0.15, 0.2) is 48.5 Å². The second kappa shape index (κ2) is 11.1. The smallest absolute Gasteiger partial charge is 0.319 e. The number of benzene rings is 2. The number of amides is 2. The summed E-state index contributed by atoms with van der Waals surface area (Å²) >= 11 is 0. The van der Waals surface area contributed by atoms with Crippen LogP contribution in [0.1, 0.15) is 12.0 Å². The quantitative estimate of drug-likeness (QED) is 0.366. The summed E-state index contributed by atoms with van der Waals surface area (Å²) in [6, 6.07) is 13.2. The number of carbonyl (C=O) groups is 1. The van der Waals surface area contributed by atoms with Crippen LogP contribution >= 0.6 is 0 Å². The third-order valence-electron chi connectivity index (χ3n) is 4.65. The first-order chi connectivity index (χ1) is 15.0. The van der Waals surface area contributed by atoms with Gasteiger partial charge in [0, 0.05) is 31.4 Å². The Morgan fingerprint density at radius 3 is 2.74 bits per heavy atom. The van der Waals surface area contributed by atoms with E-state index in [9.17, 15) is 14.3 Å². The van der Waals surface area contributed by atoms with Crippen LogP contribution < -0.4 is 16.0 Å². The molecule has 2 amide bonds. The fourth-order valence-electron chi connectivity index (χ4n) is 2.99. The van der Waals surface area contributed by atoms with E-state index in [1.807, 2.05) is 6.07 Å². The van der Waals surface area contributed by atoms with Gasteiger partial charge in [-0.1, -0.05) is 24.3 Å². The Labute approximate surface area is 179 Å². The third kappa shape index (κ3) is 7.12. The van der Waals surface area contributed by atoms with Gasteiger partial charge in [0.15, 0.2) is 5.82 Å². The number of aromatic nitrogens is 4. The SMILES string of the molecule is Cn1nnnc1-c1cccc(NC(=O)NCCC(O)CNCCc2ccc(F)cc2)c1. The molecule has 0 saturated carbocycles. The predicted molar refractivity (Wildman–Crippen MR) is 115 cm³/mol. The van der Waals surface area contributed by atoms with Crippen molar-refractivity contribution in [2.75, 3.05) is 25.0 Å². The monoisotopic (exact) mass is 427 g/mol. The number of carbonyl (C=O) groups excluding carboxylic acids is 1. The highest BCUT2D eigenvalue weighted by Crippen LogP contribution is 2.19. The molecule has 10 heteroatoms. The van der Waals surface area contributed by atoms with Crippen molar-refractivity contribution in [3.63, 3.8) is 0 Å². The molecule has 0 radical (unpaired) electrons. The van der Waals surface area contributed by atoms with Crippen LogP contribution in [0.3, 0.4) is 0 Å². The minimum absolute atomic E-state index is 0.251. The molecule has 0 aliphatic carbocycles. The second-order valence-electron chi connectivity index (χ2n) is 7.11. The Hall–Kier alpha value is -3.37. The second-order valence-corrected chi connectivity index (χ2v) is 7.11. The number of urea groups is 1. The fraction of sp³-hybridized carbons (Fsp3) is 0.333. The number of rotatable bonds is 10. The largest absolute Gasteiger partial charge is 0.392 e. The van der Waals surface area contributed by atoms with Gasteiger partial charge in [-0.3, -0.25) is 0 Å². The lowest BCUT2D eigenvalue weighted by atomic mass is 10.1.